The Morgan fingerprint density at radius 1 is 1.32 bits per heavy atom. The van der Waals surface area contributed by atoms with Crippen molar-refractivity contribution in [2.45, 2.75) is 52.5 Å². The average Bonchev–Trinajstić information content (AvgIpc) is 2.80. The molecular formula is C18H23NO3. The van der Waals surface area contributed by atoms with Gasteiger partial charge in [0, 0.05) is 23.7 Å². The Morgan fingerprint density at radius 3 is 2.50 bits per heavy atom. The zero-order valence-corrected chi connectivity index (χ0v) is 13.6. The van der Waals surface area contributed by atoms with Gasteiger partial charge in [0.05, 0.1) is 11.1 Å². The van der Waals surface area contributed by atoms with Gasteiger partial charge in [-0.25, -0.2) is 4.79 Å². The van der Waals surface area contributed by atoms with Crippen molar-refractivity contribution in [1.29, 1.82) is 0 Å². The first-order chi connectivity index (χ1) is 10.3. The molecule has 0 spiro atoms. The number of aromatic carboxylic acids is 1. The minimum absolute atomic E-state index is 0.202. The highest BCUT2D eigenvalue weighted by Crippen LogP contribution is 2.34. The SMILES string of the molecule is CCCCn1cc(C=O)c2cc(C(=O)O)cc(C(C)(C)C)c21. The van der Waals surface area contributed by atoms with Crippen LogP contribution < -0.4 is 0 Å². The van der Waals surface area contributed by atoms with Gasteiger partial charge in [-0.3, -0.25) is 4.79 Å². The zero-order chi connectivity index (χ0) is 16.5. The van der Waals surface area contributed by atoms with E-state index < -0.39 is 5.97 Å². The van der Waals surface area contributed by atoms with E-state index in [1.807, 2.05) is 6.20 Å². The number of hydrogen-bond donors (Lipinski definition) is 1. The van der Waals surface area contributed by atoms with Gasteiger partial charge in [-0.15, -0.1) is 0 Å². The minimum Gasteiger partial charge on any atom is -0.478 e. The summed E-state index contributed by atoms with van der Waals surface area (Å²) in [5, 5.41) is 10.1. The molecule has 22 heavy (non-hydrogen) atoms. The fourth-order valence-electron chi connectivity index (χ4n) is 2.76. The average molecular weight is 301 g/mol. The Morgan fingerprint density at radius 2 is 2.00 bits per heavy atom. The lowest BCUT2D eigenvalue weighted by atomic mass is 9.84. The highest BCUT2D eigenvalue weighted by atomic mass is 16.4. The summed E-state index contributed by atoms with van der Waals surface area (Å²) in [7, 11) is 0. The number of aryl methyl sites for hydroxylation is 1. The van der Waals surface area contributed by atoms with Crippen LogP contribution in [0.2, 0.25) is 0 Å². The summed E-state index contributed by atoms with van der Waals surface area (Å²) in [5.74, 6) is -0.967. The lowest BCUT2D eigenvalue weighted by Crippen LogP contribution is -2.15. The monoisotopic (exact) mass is 301 g/mol. The molecule has 0 aliphatic carbocycles. The Hall–Kier alpha value is -2.10. The molecule has 1 N–H and O–H groups in total. The largest absolute Gasteiger partial charge is 0.478 e. The Bertz CT molecular complexity index is 720. The first-order valence-electron chi connectivity index (χ1n) is 7.65. The smallest absolute Gasteiger partial charge is 0.335 e. The van der Waals surface area contributed by atoms with Gasteiger partial charge in [-0.2, -0.15) is 0 Å². The van der Waals surface area contributed by atoms with Crippen molar-refractivity contribution in [3.63, 3.8) is 0 Å². The molecule has 1 aromatic carbocycles. The summed E-state index contributed by atoms with van der Waals surface area (Å²) >= 11 is 0. The number of nitrogens with zero attached hydrogens (tertiary/aromatic N) is 1. The van der Waals surface area contributed by atoms with Crippen LogP contribution in [0, 0.1) is 0 Å². The predicted octanol–water partition coefficient (Wildman–Crippen LogP) is 4.25. The molecule has 0 unspecified atom stereocenters. The standard InChI is InChI=1S/C18H23NO3/c1-5-6-7-19-10-13(11-20)14-8-12(17(21)22)9-15(16(14)19)18(2,3)4/h8-11H,5-7H2,1-4H3,(H,21,22). The summed E-state index contributed by atoms with van der Waals surface area (Å²) in [6.07, 6.45) is 4.73. The van der Waals surface area contributed by atoms with E-state index in [0.29, 0.717) is 5.56 Å². The van der Waals surface area contributed by atoms with Crippen molar-refractivity contribution >= 4 is 23.2 Å². The van der Waals surface area contributed by atoms with E-state index in [1.54, 1.807) is 12.1 Å². The van der Waals surface area contributed by atoms with Crippen molar-refractivity contribution in [3.8, 4) is 0 Å². The molecule has 0 saturated heterocycles. The van der Waals surface area contributed by atoms with Crippen molar-refractivity contribution in [3.05, 3.63) is 35.0 Å². The zero-order valence-electron chi connectivity index (χ0n) is 13.6. The molecule has 118 valence electrons. The van der Waals surface area contributed by atoms with Gasteiger partial charge in [0.2, 0.25) is 0 Å². The minimum atomic E-state index is -0.967. The molecule has 0 radical (unpaired) electrons. The van der Waals surface area contributed by atoms with Crippen molar-refractivity contribution < 1.29 is 14.7 Å². The van der Waals surface area contributed by atoms with Gasteiger partial charge < -0.3 is 9.67 Å². The number of carboxylic acid groups (broad SMARTS) is 1. The highest BCUT2D eigenvalue weighted by molar-refractivity contribution is 6.03. The maximum absolute atomic E-state index is 11.4. The van der Waals surface area contributed by atoms with Crippen LogP contribution in [0.1, 0.15) is 66.8 Å². The van der Waals surface area contributed by atoms with Gasteiger partial charge in [0.25, 0.3) is 0 Å². The first kappa shape index (κ1) is 16.3. The number of aldehydes is 1. The van der Waals surface area contributed by atoms with E-state index in [0.717, 1.165) is 42.1 Å². The summed E-state index contributed by atoms with van der Waals surface area (Å²) in [6.45, 7) is 9.14. The fraction of sp³-hybridized carbons (Fsp3) is 0.444. The number of carbonyl (C=O) groups is 2. The summed E-state index contributed by atoms with van der Waals surface area (Å²) in [4.78, 5) is 22.8. The number of unbranched alkanes of at least 4 members (excludes halogenated alkanes) is 1. The maximum atomic E-state index is 11.4. The molecule has 0 bridgehead atoms. The molecule has 1 aromatic heterocycles. The van der Waals surface area contributed by atoms with Crippen LogP contribution in [-0.2, 0) is 12.0 Å². The number of rotatable bonds is 5. The van der Waals surface area contributed by atoms with E-state index >= 15 is 0 Å². The number of aromatic nitrogens is 1. The van der Waals surface area contributed by atoms with Gasteiger partial charge in [0.15, 0.2) is 6.29 Å². The molecule has 0 saturated carbocycles. The van der Waals surface area contributed by atoms with Crippen molar-refractivity contribution in [1.82, 2.24) is 4.57 Å². The lowest BCUT2D eigenvalue weighted by Gasteiger charge is -2.22. The van der Waals surface area contributed by atoms with Crippen LogP contribution in [0.4, 0.5) is 0 Å². The van der Waals surface area contributed by atoms with E-state index in [-0.39, 0.29) is 11.0 Å². The first-order valence-corrected chi connectivity index (χ1v) is 7.65. The molecule has 0 fully saturated rings. The van der Waals surface area contributed by atoms with E-state index in [9.17, 15) is 14.7 Å². The summed E-state index contributed by atoms with van der Waals surface area (Å²) in [5.41, 5.74) is 2.53. The summed E-state index contributed by atoms with van der Waals surface area (Å²) in [6, 6.07) is 3.35. The lowest BCUT2D eigenvalue weighted by molar-refractivity contribution is 0.0696. The molecule has 0 atom stereocenters. The second kappa shape index (κ2) is 5.95. The van der Waals surface area contributed by atoms with Crippen LogP contribution in [0.5, 0.6) is 0 Å². The molecule has 2 aromatic rings. The van der Waals surface area contributed by atoms with Crippen LogP contribution in [0.3, 0.4) is 0 Å². The van der Waals surface area contributed by atoms with Crippen molar-refractivity contribution in [2.75, 3.05) is 0 Å². The van der Waals surface area contributed by atoms with Crippen LogP contribution in [0.25, 0.3) is 10.9 Å². The Balaban J connectivity index is 2.84. The highest BCUT2D eigenvalue weighted by Gasteiger charge is 2.23. The van der Waals surface area contributed by atoms with Gasteiger partial charge in [-0.05, 0) is 29.5 Å². The third-order valence-electron chi connectivity index (χ3n) is 3.94. The maximum Gasteiger partial charge on any atom is 0.335 e. The number of fused-ring (bicyclic) bond motifs is 1. The second-order valence-electron chi connectivity index (χ2n) is 6.72. The molecule has 4 nitrogen and oxygen atoms in total. The van der Waals surface area contributed by atoms with E-state index in [4.69, 9.17) is 0 Å². The van der Waals surface area contributed by atoms with Crippen LogP contribution in [0.15, 0.2) is 18.3 Å². The molecule has 1 heterocycles. The van der Waals surface area contributed by atoms with E-state index in [1.165, 1.54) is 0 Å². The molecule has 0 aliphatic rings. The molecule has 0 amide bonds. The van der Waals surface area contributed by atoms with E-state index in [2.05, 4.69) is 32.3 Å². The topological polar surface area (TPSA) is 59.3 Å². The third kappa shape index (κ3) is 2.91. The number of carboxylic acids is 1. The predicted molar refractivity (Wildman–Crippen MR) is 87.9 cm³/mol. The van der Waals surface area contributed by atoms with Crippen LogP contribution in [-0.4, -0.2) is 21.9 Å². The third-order valence-corrected chi connectivity index (χ3v) is 3.94. The normalized spacial score (nSPS) is 11.8. The van der Waals surface area contributed by atoms with Gasteiger partial charge >= 0.3 is 5.97 Å². The molecule has 2 rings (SSSR count). The second-order valence-corrected chi connectivity index (χ2v) is 6.72. The van der Waals surface area contributed by atoms with Crippen LogP contribution >= 0.6 is 0 Å². The Kier molecular flexibility index (Phi) is 4.40. The number of benzene rings is 1. The van der Waals surface area contributed by atoms with Gasteiger partial charge in [0.1, 0.15) is 0 Å². The number of carbonyl (C=O) groups excluding carboxylic acids is 1. The molecule has 4 heteroatoms. The van der Waals surface area contributed by atoms with Crippen molar-refractivity contribution in [2.24, 2.45) is 0 Å². The molecular weight excluding hydrogens is 278 g/mol. The summed E-state index contributed by atoms with van der Waals surface area (Å²) < 4.78 is 2.09. The fourth-order valence-corrected chi connectivity index (χ4v) is 2.76. The molecule has 0 aliphatic heterocycles. The quantitative estimate of drug-likeness (QED) is 0.840. The van der Waals surface area contributed by atoms with Gasteiger partial charge in [-0.1, -0.05) is 34.1 Å². The Labute approximate surface area is 130 Å². The number of hydrogen-bond acceptors (Lipinski definition) is 2.